The molecule has 1 heterocycles. The van der Waals surface area contributed by atoms with Crippen LogP contribution in [0.25, 0.3) is 0 Å². The second kappa shape index (κ2) is 4.91. The van der Waals surface area contributed by atoms with Gasteiger partial charge in [0.05, 0.1) is 6.42 Å². The van der Waals surface area contributed by atoms with Crippen molar-refractivity contribution in [1.29, 1.82) is 0 Å². The molecule has 1 unspecified atom stereocenters. The Bertz CT molecular complexity index is 328. The first-order valence-electron chi connectivity index (χ1n) is 4.92. The van der Waals surface area contributed by atoms with E-state index < -0.39 is 16.2 Å². The first-order chi connectivity index (χ1) is 6.95. The van der Waals surface area contributed by atoms with Crippen LogP contribution in [0.5, 0.6) is 0 Å². The number of aliphatic carboxylic acids is 1. The Hall–Kier alpha value is -0.660. The van der Waals surface area contributed by atoms with E-state index in [9.17, 15) is 13.2 Å². The van der Waals surface area contributed by atoms with Crippen LogP contribution in [-0.2, 0) is 15.0 Å². The summed E-state index contributed by atoms with van der Waals surface area (Å²) in [6.45, 7) is 2.84. The largest absolute Gasteiger partial charge is 0.481 e. The fourth-order valence-electron chi connectivity index (χ4n) is 1.61. The molecule has 0 aliphatic carbocycles. The van der Waals surface area contributed by atoms with E-state index in [1.165, 1.54) is 4.31 Å². The van der Waals surface area contributed by atoms with Gasteiger partial charge in [-0.3, -0.25) is 4.79 Å². The van der Waals surface area contributed by atoms with Crippen LogP contribution in [0.1, 0.15) is 19.8 Å². The van der Waals surface area contributed by atoms with Crippen molar-refractivity contribution >= 4 is 16.2 Å². The number of rotatable bonds is 4. The first kappa shape index (κ1) is 12.4. The highest BCUT2D eigenvalue weighted by Gasteiger charge is 2.31. The number of carbonyl (C=O) groups is 1. The lowest BCUT2D eigenvalue weighted by Crippen LogP contribution is -2.51. The average molecular weight is 236 g/mol. The van der Waals surface area contributed by atoms with Gasteiger partial charge in [0.2, 0.25) is 0 Å². The van der Waals surface area contributed by atoms with Gasteiger partial charge in [0.1, 0.15) is 0 Å². The zero-order valence-corrected chi connectivity index (χ0v) is 9.46. The van der Waals surface area contributed by atoms with Gasteiger partial charge in [0.25, 0.3) is 10.2 Å². The molecule has 0 aromatic heterocycles. The third-order valence-electron chi connectivity index (χ3n) is 2.29. The predicted molar refractivity (Wildman–Crippen MR) is 54.5 cm³/mol. The van der Waals surface area contributed by atoms with E-state index in [1.54, 1.807) is 0 Å². The Morgan fingerprint density at radius 2 is 2.27 bits per heavy atom. The lowest BCUT2D eigenvalue weighted by atomic mass is 10.1. The molecular formula is C8H16N2O4S. The zero-order chi connectivity index (χ0) is 11.5. The van der Waals surface area contributed by atoms with Crippen LogP contribution in [0.3, 0.4) is 0 Å². The maximum atomic E-state index is 11.5. The van der Waals surface area contributed by atoms with Crippen molar-refractivity contribution in [2.24, 2.45) is 5.92 Å². The number of hydrogen-bond donors (Lipinski definition) is 2. The van der Waals surface area contributed by atoms with E-state index >= 15 is 0 Å². The molecule has 1 aliphatic heterocycles. The second-order valence-electron chi connectivity index (χ2n) is 3.68. The third-order valence-corrected chi connectivity index (χ3v) is 3.84. The Labute approximate surface area is 89.4 Å². The SMILES string of the molecule is CCCN1CC(CC(=O)O)CNS1(=O)=O. The minimum absolute atomic E-state index is 0.00271. The normalized spacial score (nSPS) is 26.3. The Kier molecular flexibility index (Phi) is 4.06. The second-order valence-corrected chi connectivity index (χ2v) is 5.43. The molecule has 0 aromatic rings. The Morgan fingerprint density at radius 3 is 2.80 bits per heavy atom. The van der Waals surface area contributed by atoms with Crippen LogP contribution in [-0.4, -0.2) is 43.4 Å². The van der Waals surface area contributed by atoms with Gasteiger partial charge < -0.3 is 5.11 Å². The van der Waals surface area contributed by atoms with E-state index in [1.807, 2.05) is 6.92 Å². The van der Waals surface area contributed by atoms with Crippen molar-refractivity contribution in [1.82, 2.24) is 9.03 Å². The molecule has 1 fully saturated rings. The number of carboxylic acids is 1. The van der Waals surface area contributed by atoms with Gasteiger partial charge in [-0.05, 0) is 12.3 Å². The van der Waals surface area contributed by atoms with Crippen LogP contribution < -0.4 is 4.72 Å². The van der Waals surface area contributed by atoms with Crippen molar-refractivity contribution in [3.63, 3.8) is 0 Å². The molecule has 6 nitrogen and oxygen atoms in total. The fraction of sp³-hybridized carbons (Fsp3) is 0.875. The van der Waals surface area contributed by atoms with Gasteiger partial charge in [0, 0.05) is 19.6 Å². The summed E-state index contributed by atoms with van der Waals surface area (Å²) < 4.78 is 26.6. The molecule has 0 amide bonds. The maximum Gasteiger partial charge on any atom is 0.303 e. The minimum Gasteiger partial charge on any atom is -0.481 e. The summed E-state index contributed by atoms with van der Waals surface area (Å²) in [4.78, 5) is 10.5. The minimum atomic E-state index is -3.36. The summed E-state index contributed by atoms with van der Waals surface area (Å²) in [5, 5.41) is 8.62. The lowest BCUT2D eigenvalue weighted by Gasteiger charge is -2.31. The summed E-state index contributed by atoms with van der Waals surface area (Å²) in [7, 11) is -3.36. The van der Waals surface area contributed by atoms with Crippen LogP contribution in [0, 0.1) is 5.92 Å². The summed E-state index contributed by atoms with van der Waals surface area (Å²) in [5.74, 6) is -1.03. The van der Waals surface area contributed by atoms with Gasteiger partial charge >= 0.3 is 5.97 Å². The first-order valence-corrected chi connectivity index (χ1v) is 6.36. The maximum absolute atomic E-state index is 11.5. The molecule has 15 heavy (non-hydrogen) atoms. The van der Waals surface area contributed by atoms with E-state index in [-0.39, 0.29) is 18.9 Å². The number of nitrogens with one attached hydrogen (secondary N) is 1. The number of nitrogens with zero attached hydrogens (tertiary/aromatic N) is 1. The Balaban J connectivity index is 2.62. The average Bonchev–Trinajstić information content (AvgIpc) is 2.11. The fourth-order valence-corrected chi connectivity index (χ4v) is 3.07. The molecule has 0 aromatic carbocycles. The van der Waals surface area contributed by atoms with Crippen LogP contribution in [0.2, 0.25) is 0 Å². The molecule has 88 valence electrons. The topological polar surface area (TPSA) is 86.7 Å². The summed E-state index contributed by atoms with van der Waals surface area (Å²) in [6, 6.07) is 0. The molecule has 1 rings (SSSR count). The predicted octanol–water partition coefficient (Wildman–Crippen LogP) is -0.363. The monoisotopic (exact) mass is 236 g/mol. The van der Waals surface area contributed by atoms with Crippen molar-refractivity contribution < 1.29 is 18.3 Å². The van der Waals surface area contributed by atoms with Gasteiger partial charge in [-0.15, -0.1) is 0 Å². The molecule has 2 N–H and O–H groups in total. The van der Waals surface area contributed by atoms with Crippen molar-refractivity contribution in [2.45, 2.75) is 19.8 Å². The van der Waals surface area contributed by atoms with Crippen LogP contribution in [0.15, 0.2) is 0 Å². The molecule has 0 radical (unpaired) electrons. The number of hydrogen-bond acceptors (Lipinski definition) is 3. The van der Waals surface area contributed by atoms with Crippen molar-refractivity contribution in [3.05, 3.63) is 0 Å². The summed E-state index contributed by atoms with van der Waals surface area (Å²) in [5.41, 5.74) is 0. The summed E-state index contributed by atoms with van der Waals surface area (Å²) >= 11 is 0. The van der Waals surface area contributed by atoms with E-state index in [2.05, 4.69) is 4.72 Å². The molecule has 0 saturated carbocycles. The highest BCUT2D eigenvalue weighted by molar-refractivity contribution is 7.87. The van der Waals surface area contributed by atoms with E-state index in [4.69, 9.17) is 5.11 Å². The summed E-state index contributed by atoms with van der Waals surface area (Å²) in [6.07, 6.45) is 0.726. The van der Waals surface area contributed by atoms with Crippen LogP contribution >= 0.6 is 0 Å². The zero-order valence-electron chi connectivity index (χ0n) is 8.64. The number of carboxylic acid groups (broad SMARTS) is 1. The van der Waals surface area contributed by atoms with Crippen molar-refractivity contribution in [2.75, 3.05) is 19.6 Å². The molecule has 1 aliphatic rings. The third kappa shape index (κ3) is 3.44. The van der Waals surface area contributed by atoms with Gasteiger partial charge in [-0.1, -0.05) is 6.92 Å². The molecule has 0 bridgehead atoms. The lowest BCUT2D eigenvalue weighted by molar-refractivity contribution is -0.138. The van der Waals surface area contributed by atoms with Crippen LogP contribution in [0.4, 0.5) is 0 Å². The van der Waals surface area contributed by atoms with Gasteiger partial charge in [0.15, 0.2) is 0 Å². The van der Waals surface area contributed by atoms with Gasteiger partial charge in [-0.25, -0.2) is 4.72 Å². The highest BCUT2D eigenvalue weighted by Crippen LogP contribution is 2.14. The van der Waals surface area contributed by atoms with E-state index in [0.29, 0.717) is 13.1 Å². The van der Waals surface area contributed by atoms with Gasteiger partial charge in [-0.2, -0.15) is 12.7 Å². The molecule has 7 heteroatoms. The van der Waals surface area contributed by atoms with Crippen molar-refractivity contribution in [3.8, 4) is 0 Å². The molecule has 1 atom stereocenters. The quantitative estimate of drug-likeness (QED) is 0.697. The molecule has 0 spiro atoms. The smallest absolute Gasteiger partial charge is 0.303 e. The standard InChI is InChI=1S/C8H16N2O4S/c1-2-3-10-6-7(4-8(11)12)5-9-15(10,13)14/h7,9H,2-6H2,1H3,(H,11,12). The van der Waals surface area contributed by atoms with E-state index in [0.717, 1.165) is 6.42 Å². The molecular weight excluding hydrogens is 220 g/mol. The highest BCUT2D eigenvalue weighted by atomic mass is 32.2. The Morgan fingerprint density at radius 1 is 1.60 bits per heavy atom. The molecule has 1 saturated heterocycles.